The van der Waals surface area contributed by atoms with E-state index in [1.165, 1.54) is 12.1 Å². The van der Waals surface area contributed by atoms with E-state index >= 15 is 0 Å². The molecule has 0 N–H and O–H groups in total. The third-order valence-corrected chi connectivity index (χ3v) is 2.88. The quantitative estimate of drug-likeness (QED) is 0.365. The number of allylic oxidation sites excluding steroid dienone is 1. The lowest BCUT2D eigenvalue weighted by Gasteiger charge is -2.01. The van der Waals surface area contributed by atoms with Crippen molar-refractivity contribution in [1.82, 2.24) is 0 Å². The molecule has 0 heterocycles. The van der Waals surface area contributed by atoms with Crippen molar-refractivity contribution in [3.63, 3.8) is 0 Å². The summed E-state index contributed by atoms with van der Waals surface area (Å²) < 4.78 is 0. The molecule has 2 rings (SSSR count). The summed E-state index contributed by atoms with van der Waals surface area (Å²) in [6.07, 6.45) is 1.72. The molecule has 0 aliphatic heterocycles. The lowest BCUT2D eigenvalue weighted by molar-refractivity contribution is -0.384. The zero-order valence-electron chi connectivity index (χ0n) is 10.9. The molecule has 0 fully saturated rings. The number of Topliss-reactive ketones (excluding diaryl/α,β-unsaturated/α-hetero) is 1. The number of hydrogen-bond donors (Lipinski definition) is 0. The minimum absolute atomic E-state index is 0.0363. The van der Waals surface area contributed by atoms with Crippen molar-refractivity contribution in [3.05, 3.63) is 81.4 Å². The van der Waals surface area contributed by atoms with Crippen LogP contribution in [0.15, 0.2) is 60.2 Å². The normalized spacial score (nSPS) is 11.2. The highest BCUT2D eigenvalue weighted by Gasteiger charge is 2.08. The predicted molar refractivity (Wildman–Crippen MR) is 77.5 cm³/mol. The van der Waals surface area contributed by atoms with E-state index in [1.54, 1.807) is 37.3 Å². The van der Waals surface area contributed by atoms with E-state index in [0.717, 1.165) is 5.56 Å². The zero-order valence-corrected chi connectivity index (χ0v) is 10.9. The van der Waals surface area contributed by atoms with Crippen LogP contribution in [0.4, 0.5) is 5.69 Å². The number of carbonyl (C=O) groups excluding carboxylic acids is 1. The molecule has 2 aromatic rings. The molecule has 0 spiro atoms. The summed E-state index contributed by atoms with van der Waals surface area (Å²) in [4.78, 5) is 22.3. The standard InChI is InChI=1S/C16H13NO3/c1-12(16(18)14-5-3-2-4-6-14)11-13-7-9-15(10-8-13)17(19)20/h2-11H,1H3/b12-11+. The molecule has 0 amide bonds. The van der Waals surface area contributed by atoms with Crippen LogP contribution in [-0.2, 0) is 0 Å². The molecule has 0 radical (unpaired) electrons. The first-order chi connectivity index (χ1) is 9.58. The number of rotatable bonds is 4. The van der Waals surface area contributed by atoms with Crippen molar-refractivity contribution in [3.8, 4) is 0 Å². The minimum atomic E-state index is -0.449. The summed E-state index contributed by atoms with van der Waals surface area (Å²) in [5.41, 5.74) is 2.01. The number of nitrogens with zero attached hydrogens (tertiary/aromatic N) is 1. The van der Waals surface area contributed by atoms with Gasteiger partial charge in [0.2, 0.25) is 0 Å². The smallest absolute Gasteiger partial charge is 0.269 e. The SMILES string of the molecule is C/C(=C\c1ccc([N+](=O)[O-])cc1)C(=O)c1ccccc1. The Labute approximate surface area is 116 Å². The zero-order chi connectivity index (χ0) is 14.5. The highest BCUT2D eigenvalue weighted by Crippen LogP contribution is 2.16. The molecule has 20 heavy (non-hydrogen) atoms. The predicted octanol–water partition coefficient (Wildman–Crippen LogP) is 3.88. The van der Waals surface area contributed by atoms with Gasteiger partial charge >= 0.3 is 0 Å². The summed E-state index contributed by atoms with van der Waals surface area (Å²) in [7, 11) is 0. The highest BCUT2D eigenvalue weighted by molar-refractivity contribution is 6.10. The van der Waals surface area contributed by atoms with Crippen LogP contribution in [0.2, 0.25) is 0 Å². The van der Waals surface area contributed by atoms with E-state index in [9.17, 15) is 14.9 Å². The fraction of sp³-hybridized carbons (Fsp3) is 0.0625. The molecular weight excluding hydrogens is 254 g/mol. The Bertz CT molecular complexity index is 658. The lowest BCUT2D eigenvalue weighted by Crippen LogP contribution is -1.99. The van der Waals surface area contributed by atoms with Gasteiger partial charge in [0.15, 0.2) is 5.78 Å². The highest BCUT2D eigenvalue weighted by atomic mass is 16.6. The maximum atomic E-state index is 12.1. The van der Waals surface area contributed by atoms with Crippen LogP contribution in [0.1, 0.15) is 22.8 Å². The van der Waals surface area contributed by atoms with E-state index in [0.29, 0.717) is 11.1 Å². The first kappa shape index (κ1) is 13.7. The number of nitro groups is 1. The number of benzene rings is 2. The molecule has 0 aliphatic carbocycles. The minimum Gasteiger partial charge on any atom is -0.289 e. The van der Waals surface area contributed by atoms with Gasteiger partial charge in [-0.1, -0.05) is 30.3 Å². The van der Waals surface area contributed by atoms with Gasteiger partial charge < -0.3 is 0 Å². The van der Waals surface area contributed by atoms with Crippen molar-refractivity contribution in [2.45, 2.75) is 6.92 Å². The van der Waals surface area contributed by atoms with Crippen LogP contribution in [0, 0.1) is 10.1 Å². The van der Waals surface area contributed by atoms with E-state index in [2.05, 4.69) is 0 Å². The Morgan fingerprint density at radius 2 is 1.65 bits per heavy atom. The molecule has 4 heteroatoms. The van der Waals surface area contributed by atoms with Gasteiger partial charge in [-0.15, -0.1) is 0 Å². The van der Waals surface area contributed by atoms with E-state index in [4.69, 9.17) is 0 Å². The first-order valence-electron chi connectivity index (χ1n) is 6.10. The molecule has 0 unspecified atom stereocenters. The van der Waals surface area contributed by atoms with Crippen molar-refractivity contribution < 1.29 is 9.72 Å². The fourth-order valence-corrected chi connectivity index (χ4v) is 1.83. The third kappa shape index (κ3) is 3.17. The molecule has 0 saturated carbocycles. The number of ketones is 1. The average molecular weight is 267 g/mol. The fourth-order valence-electron chi connectivity index (χ4n) is 1.83. The van der Waals surface area contributed by atoms with Gasteiger partial charge in [0.25, 0.3) is 5.69 Å². The van der Waals surface area contributed by atoms with Crippen LogP contribution in [-0.4, -0.2) is 10.7 Å². The van der Waals surface area contributed by atoms with Crippen LogP contribution < -0.4 is 0 Å². The van der Waals surface area contributed by atoms with Crippen molar-refractivity contribution in [2.24, 2.45) is 0 Å². The van der Waals surface area contributed by atoms with Gasteiger partial charge in [0.1, 0.15) is 0 Å². The van der Waals surface area contributed by atoms with Gasteiger partial charge in [-0.2, -0.15) is 0 Å². The average Bonchev–Trinajstić information content (AvgIpc) is 2.48. The Hall–Kier alpha value is -2.75. The Balaban J connectivity index is 2.22. The van der Waals surface area contributed by atoms with Crippen molar-refractivity contribution in [1.29, 1.82) is 0 Å². The van der Waals surface area contributed by atoms with Gasteiger partial charge in [0, 0.05) is 17.7 Å². The van der Waals surface area contributed by atoms with Crippen molar-refractivity contribution in [2.75, 3.05) is 0 Å². The molecule has 0 saturated heterocycles. The Kier molecular flexibility index (Phi) is 4.05. The maximum absolute atomic E-state index is 12.1. The van der Waals surface area contributed by atoms with Crippen LogP contribution >= 0.6 is 0 Å². The topological polar surface area (TPSA) is 60.2 Å². The second-order valence-corrected chi connectivity index (χ2v) is 4.37. The van der Waals surface area contributed by atoms with Crippen LogP contribution in [0.25, 0.3) is 6.08 Å². The second kappa shape index (κ2) is 5.93. The van der Waals surface area contributed by atoms with Gasteiger partial charge in [-0.05, 0) is 36.3 Å². The van der Waals surface area contributed by atoms with Crippen LogP contribution in [0.5, 0.6) is 0 Å². The van der Waals surface area contributed by atoms with Crippen molar-refractivity contribution >= 4 is 17.5 Å². The maximum Gasteiger partial charge on any atom is 0.269 e. The third-order valence-electron chi connectivity index (χ3n) is 2.88. The van der Waals surface area contributed by atoms with Crippen LogP contribution in [0.3, 0.4) is 0 Å². The first-order valence-corrected chi connectivity index (χ1v) is 6.10. The van der Waals surface area contributed by atoms with E-state index in [-0.39, 0.29) is 11.5 Å². The monoisotopic (exact) mass is 267 g/mol. The Morgan fingerprint density at radius 3 is 2.20 bits per heavy atom. The number of carbonyl (C=O) groups is 1. The molecule has 100 valence electrons. The molecular formula is C16H13NO3. The number of hydrogen-bond acceptors (Lipinski definition) is 3. The summed E-state index contributed by atoms with van der Waals surface area (Å²) in [6, 6.07) is 15.1. The molecule has 0 aliphatic rings. The molecule has 4 nitrogen and oxygen atoms in total. The molecule has 0 aromatic heterocycles. The second-order valence-electron chi connectivity index (χ2n) is 4.37. The Morgan fingerprint density at radius 1 is 1.05 bits per heavy atom. The number of nitro benzene ring substituents is 1. The van der Waals surface area contributed by atoms with Gasteiger partial charge in [-0.25, -0.2) is 0 Å². The van der Waals surface area contributed by atoms with E-state index in [1.807, 2.05) is 18.2 Å². The summed E-state index contributed by atoms with van der Waals surface area (Å²) in [5.74, 6) is -0.0519. The van der Waals surface area contributed by atoms with Gasteiger partial charge in [-0.3, -0.25) is 14.9 Å². The summed E-state index contributed by atoms with van der Waals surface area (Å²) in [6.45, 7) is 1.73. The van der Waals surface area contributed by atoms with E-state index < -0.39 is 4.92 Å². The molecule has 0 bridgehead atoms. The molecule has 2 aromatic carbocycles. The van der Waals surface area contributed by atoms with Gasteiger partial charge in [0.05, 0.1) is 4.92 Å². The largest absolute Gasteiger partial charge is 0.289 e. The molecule has 0 atom stereocenters. The summed E-state index contributed by atoms with van der Waals surface area (Å²) in [5, 5.41) is 10.6. The lowest BCUT2D eigenvalue weighted by atomic mass is 10.0. The number of non-ortho nitro benzene ring substituents is 1. The summed E-state index contributed by atoms with van der Waals surface area (Å²) >= 11 is 0.